The van der Waals surface area contributed by atoms with E-state index in [4.69, 9.17) is 0 Å². The maximum atomic E-state index is 13.0. The third-order valence-corrected chi connectivity index (χ3v) is 5.79. The quantitative estimate of drug-likeness (QED) is 0.382. The molecule has 1 aliphatic rings. The van der Waals surface area contributed by atoms with Crippen LogP contribution in [0.3, 0.4) is 0 Å². The number of aliphatic hydroxyl groups is 1. The second-order valence-corrected chi connectivity index (χ2v) is 8.07. The van der Waals surface area contributed by atoms with Crippen molar-refractivity contribution in [2.75, 3.05) is 10.6 Å². The van der Waals surface area contributed by atoms with Gasteiger partial charge in [0, 0.05) is 23.7 Å². The van der Waals surface area contributed by atoms with Crippen molar-refractivity contribution in [3.05, 3.63) is 66.4 Å². The molecule has 4 N–H and O–H groups in total. The lowest BCUT2D eigenvalue weighted by Crippen LogP contribution is -2.29. The van der Waals surface area contributed by atoms with Crippen LogP contribution in [0.25, 0.3) is 22.2 Å². The van der Waals surface area contributed by atoms with Crippen molar-refractivity contribution in [1.29, 1.82) is 0 Å². The van der Waals surface area contributed by atoms with Crippen LogP contribution in [0.4, 0.5) is 11.8 Å². The molecule has 1 fully saturated rings. The number of aromatic amines is 1. The molecule has 1 saturated carbocycles. The minimum absolute atomic E-state index is 0.217. The summed E-state index contributed by atoms with van der Waals surface area (Å²) in [7, 11) is 0. The molecule has 1 amide bonds. The molecule has 0 unspecified atom stereocenters. The summed E-state index contributed by atoms with van der Waals surface area (Å²) < 4.78 is 0. The van der Waals surface area contributed by atoms with E-state index in [2.05, 4.69) is 30.8 Å². The second kappa shape index (κ2) is 8.76. The molecule has 8 nitrogen and oxygen atoms in total. The standard InChI is InChI=1S/C24H24N6O2/c31-18-11-9-17(10-12-18)26-24-25-14-16-7-4-8-19(22(16)28-24)23(32)27-21-13-20(29-30-21)15-5-2-1-3-6-15/h1-8,13-14,17-18,31H,9-12H2,(H,25,26,28)(H2,27,29,30,32)/t17-,18-. The van der Waals surface area contributed by atoms with Crippen LogP contribution in [0.1, 0.15) is 36.0 Å². The summed E-state index contributed by atoms with van der Waals surface area (Å²) in [4.78, 5) is 22.1. The van der Waals surface area contributed by atoms with E-state index in [1.165, 1.54) is 0 Å². The van der Waals surface area contributed by atoms with Gasteiger partial charge in [0.2, 0.25) is 5.95 Å². The smallest absolute Gasteiger partial charge is 0.259 e. The van der Waals surface area contributed by atoms with Gasteiger partial charge in [0.05, 0.1) is 22.9 Å². The number of aliphatic hydroxyl groups excluding tert-OH is 1. The Labute approximate surface area is 185 Å². The first kappa shape index (κ1) is 20.1. The Balaban J connectivity index is 1.36. The first-order valence-electron chi connectivity index (χ1n) is 10.8. The first-order chi connectivity index (χ1) is 15.7. The number of H-pyrrole nitrogens is 1. The number of carbonyl (C=O) groups is 1. The third kappa shape index (κ3) is 4.31. The van der Waals surface area contributed by atoms with Gasteiger partial charge in [0.15, 0.2) is 5.82 Å². The molecule has 2 aromatic carbocycles. The fourth-order valence-corrected chi connectivity index (χ4v) is 4.05. The number of benzene rings is 2. The molecule has 32 heavy (non-hydrogen) atoms. The first-order valence-corrected chi connectivity index (χ1v) is 10.8. The molecular formula is C24H24N6O2. The summed E-state index contributed by atoms with van der Waals surface area (Å²) in [5.74, 6) is 0.649. The summed E-state index contributed by atoms with van der Waals surface area (Å²) in [5.41, 5.74) is 2.85. The van der Waals surface area contributed by atoms with Crippen LogP contribution in [0, 0.1) is 0 Å². The largest absolute Gasteiger partial charge is 0.393 e. The number of amides is 1. The number of rotatable bonds is 5. The summed E-state index contributed by atoms with van der Waals surface area (Å²) in [6, 6.07) is 17.3. The van der Waals surface area contributed by atoms with E-state index in [0.717, 1.165) is 42.3 Å². The summed E-state index contributed by atoms with van der Waals surface area (Å²) in [6.45, 7) is 0. The van der Waals surface area contributed by atoms with Gasteiger partial charge >= 0.3 is 0 Å². The molecule has 2 heterocycles. The van der Waals surface area contributed by atoms with Crippen molar-refractivity contribution in [2.45, 2.75) is 37.8 Å². The van der Waals surface area contributed by atoms with Crippen LogP contribution < -0.4 is 10.6 Å². The van der Waals surface area contributed by atoms with Gasteiger partial charge in [0.1, 0.15) is 0 Å². The van der Waals surface area contributed by atoms with E-state index < -0.39 is 0 Å². The lowest BCUT2D eigenvalue weighted by Gasteiger charge is -2.26. The van der Waals surface area contributed by atoms with E-state index in [1.54, 1.807) is 18.3 Å². The van der Waals surface area contributed by atoms with E-state index in [9.17, 15) is 9.90 Å². The molecule has 8 heteroatoms. The van der Waals surface area contributed by atoms with Crippen molar-refractivity contribution in [1.82, 2.24) is 20.2 Å². The Morgan fingerprint density at radius 3 is 2.66 bits per heavy atom. The van der Waals surface area contributed by atoms with Crippen molar-refractivity contribution < 1.29 is 9.90 Å². The molecule has 162 valence electrons. The van der Waals surface area contributed by atoms with Gasteiger partial charge in [-0.2, -0.15) is 5.10 Å². The number of aromatic nitrogens is 4. The van der Waals surface area contributed by atoms with Gasteiger partial charge in [-0.05, 0) is 37.3 Å². The number of nitrogens with zero attached hydrogens (tertiary/aromatic N) is 3. The highest BCUT2D eigenvalue weighted by atomic mass is 16.3. The number of nitrogens with one attached hydrogen (secondary N) is 3. The molecule has 0 bridgehead atoms. The zero-order valence-electron chi connectivity index (χ0n) is 17.5. The van der Waals surface area contributed by atoms with E-state index in [0.29, 0.717) is 22.8 Å². The predicted molar refractivity (Wildman–Crippen MR) is 123 cm³/mol. The monoisotopic (exact) mass is 428 g/mol. The van der Waals surface area contributed by atoms with Gasteiger partial charge in [-0.25, -0.2) is 9.97 Å². The summed E-state index contributed by atoms with van der Waals surface area (Å²) in [6.07, 6.45) is 4.79. The Hall–Kier alpha value is -3.78. The van der Waals surface area contributed by atoms with Gasteiger partial charge in [-0.1, -0.05) is 42.5 Å². The molecule has 4 aromatic rings. The zero-order valence-corrected chi connectivity index (χ0v) is 17.5. The van der Waals surface area contributed by atoms with Crippen LogP contribution >= 0.6 is 0 Å². The number of hydrogen-bond acceptors (Lipinski definition) is 6. The maximum Gasteiger partial charge on any atom is 0.259 e. The fourth-order valence-electron chi connectivity index (χ4n) is 4.05. The Kier molecular flexibility index (Phi) is 5.51. The molecule has 0 atom stereocenters. The van der Waals surface area contributed by atoms with Crippen LogP contribution in [0.2, 0.25) is 0 Å². The van der Waals surface area contributed by atoms with E-state index >= 15 is 0 Å². The Morgan fingerprint density at radius 1 is 1.03 bits per heavy atom. The molecule has 2 aromatic heterocycles. The number of anilines is 2. The van der Waals surface area contributed by atoms with Gasteiger partial charge in [0.25, 0.3) is 5.91 Å². The Morgan fingerprint density at radius 2 is 1.84 bits per heavy atom. The van der Waals surface area contributed by atoms with Gasteiger partial charge in [-0.15, -0.1) is 0 Å². The van der Waals surface area contributed by atoms with Crippen LogP contribution in [0.5, 0.6) is 0 Å². The van der Waals surface area contributed by atoms with Crippen LogP contribution in [0.15, 0.2) is 60.8 Å². The molecule has 0 spiro atoms. The summed E-state index contributed by atoms with van der Waals surface area (Å²) >= 11 is 0. The molecule has 0 saturated heterocycles. The lowest BCUT2D eigenvalue weighted by atomic mass is 9.93. The van der Waals surface area contributed by atoms with Gasteiger partial charge in [-0.3, -0.25) is 9.89 Å². The molecule has 0 radical (unpaired) electrons. The molecular weight excluding hydrogens is 404 g/mol. The molecule has 1 aliphatic carbocycles. The third-order valence-electron chi connectivity index (χ3n) is 5.79. The van der Waals surface area contributed by atoms with Crippen molar-refractivity contribution >= 4 is 28.6 Å². The van der Waals surface area contributed by atoms with Crippen molar-refractivity contribution in [3.8, 4) is 11.3 Å². The van der Waals surface area contributed by atoms with Crippen molar-refractivity contribution in [2.24, 2.45) is 0 Å². The van der Waals surface area contributed by atoms with Crippen LogP contribution in [-0.2, 0) is 0 Å². The highest BCUT2D eigenvalue weighted by Gasteiger charge is 2.20. The average Bonchev–Trinajstić information content (AvgIpc) is 3.29. The number of carbonyl (C=O) groups excluding carboxylic acids is 1. The average molecular weight is 428 g/mol. The minimum atomic E-state index is -0.285. The van der Waals surface area contributed by atoms with Crippen LogP contribution in [-0.4, -0.2) is 43.3 Å². The highest BCUT2D eigenvalue weighted by molar-refractivity contribution is 6.11. The number of fused-ring (bicyclic) bond motifs is 1. The SMILES string of the molecule is O=C(Nc1cc(-c2ccccc2)[nH]n1)c1cccc2cnc(N[C@H]3CC[C@H](O)CC3)nc12. The Bertz CT molecular complexity index is 1230. The number of para-hydroxylation sites is 1. The van der Waals surface area contributed by atoms with Crippen molar-refractivity contribution in [3.63, 3.8) is 0 Å². The van der Waals surface area contributed by atoms with Gasteiger partial charge < -0.3 is 15.7 Å². The lowest BCUT2D eigenvalue weighted by molar-refractivity contribution is 0.102. The second-order valence-electron chi connectivity index (χ2n) is 8.07. The predicted octanol–water partition coefficient (Wildman–Crippen LogP) is 3.99. The normalized spacial score (nSPS) is 18.4. The van der Waals surface area contributed by atoms with E-state index in [1.807, 2.05) is 42.5 Å². The highest BCUT2D eigenvalue weighted by Crippen LogP contribution is 2.24. The molecule has 5 rings (SSSR count). The molecule has 0 aliphatic heterocycles. The summed E-state index contributed by atoms with van der Waals surface area (Å²) in [5, 5.41) is 23.9. The maximum absolute atomic E-state index is 13.0. The van der Waals surface area contributed by atoms with E-state index in [-0.39, 0.29) is 18.1 Å². The minimum Gasteiger partial charge on any atom is -0.393 e. The zero-order chi connectivity index (χ0) is 21.9. The fraction of sp³-hybridized carbons (Fsp3) is 0.250. The topological polar surface area (TPSA) is 116 Å². The number of hydrogen-bond donors (Lipinski definition) is 4.